The van der Waals surface area contributed by atoms with Crippen LogP contribution in [0.1, 0.15) is 0 Å². The standard InChI is InChI=1S/C15H7F3N4O/c16-9-5-11(18)10(17)4-8(9)15-21-14(22-23-15)7-1-2-12-13(3-7)20-6-19-12/h1-6H,(H,19,20). The normalized spacial score (nSPS) is 11.3. The van der Waals surface area contributed by atoms with Crippen molar-refractivity contribution in [2.75, 3.05) is 0 Å². The van der Waals surface area contributed by atoms with Crippen LogP contribution >= 0.6 is 0 Å². The summed E-state index contributed by atoms with van der Waals surface area (Å²) in [4.78, 5) is 11.1. The molecule has 0 fully saturated rings. The number of aromatic amines is 1. The van der Waals surface area contributed by atoms with Crippen LogP contribution in [0.4, 0.5) is 13.2 Å². The topological polar surface area (TPSA) is 67.6 Å². The molecule has 1 N–H and O–H groups in total. The third-order valence-corrected chi connectivity index (χ3v) is 3.34. The lowest BCUT2D eigenvalue weighted by Crippen LogP contribution is -1.91. The fourth-order valence-electron chi connectivity index (χ4n) is 2.21. The molecule has 23 heavy (non-hydrogen) atoms. The van der Waals surface area contributed by atoms with Gasteiger partial charge in [0.2, 0.25) is 5.82 Å². The third-order valence-electron chi connectivity index (χ3n) is 3.34. The van der Waals surface area contributed by atoms with E-state index in [4.69, 9.17) is 4.52 Å². The van der Waals surface area contributed by atoms with E-state index >= 15 is 0 Å². The first-order chi connectivity index (χ1) is 11.1. The molecule has 114 valence electrons. The zero-order valence-corrected chi connectivity index (χ0v) is 11.3. The van der Waals surface area contributed by atoms with Gasteiger partial charge in [0.25, 0.3) is 5.89 Å². The molecule has 0 atom stereocenters. The maximum absolute atomic E-state index is 13.7. The van der Waals surface area contributed by atoms with Crippen LogP contribution in [0.5, 0.6) is 0 Å². The fourth-order valence-corrected chi connectivity index (χ4v) is 2.21. The first kappa shape index (κ1) is 13.5. The molecule has 4 aromatic rings. The summed E-state index contributed by atoms with van der Waals surface area (Å²) >= 11 is 0. The molecule has 2 aromatic carbocycles. The number of halogens is 3. The Balaban J connectivity index is 1.78. The van der Waals surface area contributed by atoms with Crippen molar-refractivity contribution in [1.29, 1.82) is 0 Å². The minimum absolute atomic E-state index is 0.195. The van der Waals surface area contributed by atoms with Gasteiger partial charge in [-0.25, -0.2) is 18.2 Å². The summed E-state index contributed by atoms with van der Waals surface area (Å²) in [6.07, 6.45) is 1.55. The lowest BCUT2D eigenvalue weighted by molar-refractivity contribution is 0.427. The van der Waals surface area contributed by atoms with Gasteiger partial charge in [0.05, 0.1) is 22.9 Å². The molecule has 8 heteroatoms. The highest BCUT2D eigenvalue weighted by molar-refractivity contribution is 5.80. The molecule has 0 amide bonds. The predicted octanol–water partition coefficient (Wildman–Crippen LogP) is 3.70. The molecule has 0 saturated carbocycles. The Hall–Kier alpha value is -3.16. The molecule has 4 rings (SSSR count). The quantitative estimate of drug-likeness (QED) is 0.573. The monoisotopic (exact) mass is 316 g/mol. The second kappa shape index (κ2) is 4.94. The first-order valence-corrected chi connectivity index (χ1v) is 6.54. The van der Waals surface area contributed by atoms with Crippen LogP contribution in [0.2, 0.25) is 0 Å². The van der Waals surface area contributed by atoms with Gasteiger partial charge in [0, 0.05) is 11.6 Å². The van der Waals surface area contributed by atoms with E-state index < -0.39 is 17.5 Å². The second-order valence-electron chi connectivity index (χ2n) is 4.80. The Morgan fingerprint density at radius 1 is 0.957 bits per heavy atom. The van der Waals surface area contributed by atoms with Crippen LogP contribution in [0, 0.1) is 17.5 Å². The molecule has 0 saturated heterocycles. The second-order valence-corrected chi connectivity index (χ2v) is 4.80. The van der Waals surface area contributed by atoms with Gasteiger partial charge in [-0.3, -0.25) is 0 Å². The van der Waals surface area contributed by atoms with Crippen LogP contribution < -0.4 is 0 Å². The summed E-state index contributed by atoms with van der Waals surface area (Å²) in [7, 11) is 0. The van der Waals surface area contributed by atoms with Gasteiger partial charge in [0.1, 0.15) is 5.82 Å². The van der Waals surface area contributed by atoms with Crippen molar-refractivity contribution < 1.29 is 17.7 Å². The number of H-pyrrole nitrogens is 1. The maximum atomic E-state index is 13.7. The highest BCUT2D eigenvalue weighted by Crippen LogP contribution is 2.27. The number of hydrogen-bond acceptors (Lipinski definition) is 4. The molecular weight excluding hydrogens is 309 g/mol. The van der Waals surface area contributed by atoms with E-state index in [0.717, 1.165) is 11.0 Å². The zero-order valence-electron chi connectivity index (χ0n) is 11.3. The average Bonchev–Trinajstić information content (AvgIpc) is 3.19. The van der Waals surface area contributed by atoms with Crippen molar-refractivity contribution in [3.05, 3.63) is 54.1 Å². The van der Waals surface area contributed by atoms with Gasteiger partial charge in [0.15, 0.2) is 11.6 Å². The van der Waals surface area contributed by atoms with Crippen molar-refractivity contribution >= 4 is 11.0 Å². The maximum Gasteiger partial charge on any atom is 0.261 e. The van der Waals surface area contributed by atoms with Gasteiger partial charge in [-0.1, -0.05) is 5.16 Å². The number of imidazole rings is 1. The van der Waals surface area contributed by atoms with Gasteiger partial charge < -0.3 is 9.51 Å². The van der Waals surface area contributed by atoms with Crippen molar-refractivity contribution in [2.45, 2.75) is 0 Å². The van der Waals surface area contributed by atoms with Crippen molar-refractivity contribution in [3.63, 3.8) is 0 Å². The van der Waals surface area contributed by atoms with Crippen LogP contribution in [0.3, 0.4) is 0 Å². The van der Waals surface area contributed by atoms with Crippen LogP contribution in [-0.2, 0) is 0 Å². The lowest BCUT2D eigenvalue weighted by atomic mass is 10.2. The van der Waals surface area contributed by atoms with E-state index in [0.29, 0.717) is 17.7 Å². The van der Waals surface area contributed by atoms with Crippen LogP contribution in [-0.4, -0.2) is 20.1 Å². The number of nitrogens with zero attached hydrogens (tertiary/aromatic N) is 3. The summed E-state index contributed by atoms with van der Waals surface area (Å²) in [6, 6.07) is 6.35. The SMILES string of the molecule is Fc1cc(F)c(-c2nc(-c3ccc4nc[nH]c4c3)no2)cc1F. The molecule has 5 nitrogen and oxygen atoms in total. The minimum atomic E-state index is -1.28. The zero-order chi connectivity index (χ0) is 16.0. The Labute approximate surface area is 126 Å². The largest absolute Gasteiger partial charge is 0.345 e. The number of aromatic nitrogens is 4. The van der Waals surface area contributed by atoms with E-state index in [2.05, 4.69) is 20.1 Å². The van der Waals surface area contributed by atoms with Crippen molar-refractivity contribution in [2.24, 2.45) is 0 Å². The highest BCUT2D eigenvalue weighted by Gasteiger charge is 2.18. The first-order valence-electron chi connectivity index (χ1n) is 6.54. The van der Waals surface area contributed by atoms with Crippen LogP contribution in [0.25, 0.3) is 33.9 Å². The van der Waals surface area contributed by atoms with E-state index in [1.807, 2.05) is 0 Å². The molecule has 0 aliphatic rings. The molecule has 0 aliphatic heterocycles. The fraction of sp³-hybridized carbons (Fsp3) is 0. The summed E-state index contributed by atoms with van der Waals surface area (Å²) in [5, 5.41) is 3.74. The van der Waals surface area contributed by atoms with E-state index in [1.54, 1.807) is 24.5 Å². The Bertz CT molecular complexity index is 1020. The van der Waals surface area contributed by atoms with Crippen molar-refractivity contribution in [3.8, 4) is 22.8 Å². The molecule has 2 heterocycles. The molecular formula is C15H7F3N4O. The van der Waals surface area contributed by atoms with Gasteiger partial charge in [-0.15, -0.1) is 0 Å². The molecule has 0 spiro atoms. The summed E-state index contributed by atoms with van der Waals surface area (Å²) < 4.78 is 44.9. The number of fused-ring (bicyclic) bond motifs is 1. The third kappa shape index (κ3) is 2.24. The van der Waals surface area contributed by atoms with Crippen molar-refractivity contribution in [1.82, 2.24) is 20.1 Å². The average molecular weight is 316 g/mol. The van der Waals surface area contributed by atoms with E-state index in [1.165, 1.54) is 0 Å². The number of rotatable bonds is 2. The number of nitrogens with one attached hydrogen (secondary N) is 1. The van der Waals surface area contributed by atoms with Gasteiger partial charge in [-0.2, -0.15) is 4.98 Å². The summed E-state index contributed by atoms with van der Waals surface area (Å²) in [5.41, 5.74) is 1.85. The molecule has 0 unspecified atom stereocenters. The molecule has 0 aliphatic carbocycles. The Morgan fingerprint density at radius 2 is 1.78 bits per heavy atom. The van der Waals surface area contributed by atoms with E-state index in [-0.39, 0.29) is 17.3 Å². The molecule has 0 radical (unpaired) electrons. The Morgan fingerprint density at radius 3 is 2.65 bits per heavy atom. The van der Waals surface area contributed by atoms with E-state index in [9.17, 15) is 13.2 Å². The lowest BCUT2D eigenvalue weighted by Gasteiger charge is -1.98. The predicted molar refractivity (Wildman–Crippen MR) is 74.7 cm³/mol. The molecule has 2 aromatic heterocycles. The van der Waals surface area contributed by atoms with Crippen LogP contribution in [0.15, 0.2) is 41.2 Å². The Kier molecular flexibility index (Phi) is 2.90. The van der Waals surface area contributed by atoms with Gasteiger partial charge in [-0.05, 0) is 24.3 Å². The minimum Gasteiger partial charge on any atom is -0.345 e. The summed E-state index contributed by atoms with van der Waals surface area (Å²) in [6.45, 7) is 0. The smallest absolute Gasteiger partial charge is 0.261 e. The molecule has 0 bridgehead atoms. The van der Waals surface area contributed by atoms with Gasteiger partial charge >= 0.3 is 0 Å². The number of benzene rings is 2. The highest BCUT2D eigenvalue weighted by atomic mass is 19.2. The summed E-state index contributed by atoms with van der Waals surface area (Å²) in [5.74, 6) is -3.50. The number of hydrogen-bond donors (Lipinski definition) is 1.